The molecule has 0 spiro atoms. The third kappa shape index (κ3) is 3.14. The molecule has 0 aliphatic heterocycles. The Morgan fingerprint density at radius 3 is 2.90 bits per heavy atom. The Kier molecular flexibility index (Phi) is 4.09. The molecular formula is C15H19BrFNO2. The normalized spacial score (nSPS) is 21.4. The fraction of sp³-hybridized carbons (Fsp3) is 0.533. The molecule has 0 bridgehead atoms. The second-order valence-electron chi connectivity index (χ2n) is 5.73. The van der Waals surface area contributed by atoms with Gasteiger partial charge >= 0.3 is 6.09 Å². The average molecular weight is 344 g/mol. The summed E-state index contributed by atoms with van der Waals surface area (Å²) in [5.74, 6) is -1.84. The van der Waals surface area contributed by atoms with Gasteiger partial charge < -0.3 is 4.74 Å². The van der Waals surface area contributed by atoms with Gasteiger partial charge in [0.1, 0.15) is 5.60 Å². The SMILES string of the molecule is CCC(C)(C)OC(=O)NC1(F)CCc2cc(Br)ccc21. The highest BCUT2D eigenvalue weighted by Gasteiger charge is 2.41. The van der Waals surface area contributed by atoms with Crippen molar-refractivity contribution in [1.29, 1.82) is 0 Å². The number of carbonyl (C=O) groups is 1. The monoisotopic (exact) mass is 343 g/mol. The van der Waals surface area contributed by atoms with Crippen molar-refractivity contribution in [2.24, 2.45) is 0 Å². The maximum atomic E-state index is 14.9. The molecule has 1 aliphatic carbocycles. The number of hydrogen-bond donors (Lipinski definition) is 1. The van der Waals surface area contributed by atoms with E-state index in [2.05, 4.69) is 21.2 Å². The summed E-state index contributed by atoms with van der Waals surface area (Å²) in [6.07, 6.45) is 0.793. The van der Waals surface area contributed by atoms with Crippen molar-refractivity contribution >= 4 is 22.0 Å². The van der Waals surface area contributed by atoms with E-state index in [9.17, 15) is 9.18 Å². The number of alkyl halides is 1. The number of ether oxygens (including phenoxy) is 1. The molecule has 1 aromatic rings. The van der Waals surface area contributed by atoms with Crippen molar-refractivity contribution in [2.45, 2.75) is 51.4 Å². The summed E-state index contributed by atoms with van der Waals surface area (Å²) in [6, 6.07) is 5.37. The van der Waals surface area contributed by atoms with Crippen molar-refractivity contribution in [3.63, 3.8) is 0 Å². The lowest BCUT2D eigenvalue weighted by molar-refractivity contribution is 0.0153. The van der Waals surface area contributed by atoms with Crippen LogP contribution in [0.4, 0.5) is 9.18 Å². The zero-order valence-electron chi connectivity index (χ0n) is 11.9. The quantitative estimate of drug-likeness (QED) is 0.824. The lowest BCUT2D eigenvalue weighted by Gasteiger charge is -2.27. The van der Waals surface area contributed by atoms with Gasteiger partial charge in [0, 0.05) is 16.5 Å². The second-order valence-corrected chi connectivity index (χ2v) is 6.65. The summed E-state index contributed by atoms with van der Waals surface area (Å²) in [5, 5.41) is 2.38. The van der Waals surface area contributed by atoms with Crippen LogP contribution in [0.3, 0.4) is 0 Å². The van der Waals surface area contributed by atoms with Gasteiger partial charge in [0.15, 0.2) is 0 Å². The number of carbonyl (C=O) groups excluding carboxylic acids is 1. The number of hydrogen-bond acceptors (Lipinski definition) is 2. The smallest absolute Gasteiger partial charge is 0.410 e. The zero-order valence-corrected chi connectivity index (χ0v) is 13.5. The Bertz CT molecular complexity index is 533. The van der Waals surface area contributed by atoms with E-state index in [1.165, 1.54) is 0 Å². The summed E-state index contributed by atoms with van der Waals surface area (Å²) in [4.78, 5) is 11.9. The molecular weight excluding hydrogens is 325 g/mol. The number of rotatable bonds is 3. The van der Waals surface area contributed by atoms with E-state index in [-0.39, 0.29) is 6.42 Å². The summed E-state index contributed by atoms with van der Waals surface area (Å²) < 4.78 is 21.1. The number of amides is 1. The van der Waals surface area contributed by atoms with Crippen LogP contribution in [0.1, 0.15) is 44.7 Å². The molecule has 0 aromatic heterocycles. The highest BCUT2D eigenvalue weighted by atomic mass is 79.9. The van der Waals surface area contributed by atoms with E-state index in [0.717, 1.165) is 10.0 Å². The van der Waals surface area contributed by atoms with Gasteiger partial charge in [0.25, 0.3) is 0 Å². The Morgan fingerprint density at radius 2 is 2.25 bits per heavy atom. The second kappa shape index (κ2) is 5.35. The van der Waals surface area contributed by atoms with Gasteiger partial charge in [-0.15, -0.1) is 0 Å². The van der Waals surface area contributed by atoms with Crippen LogP contribution in [-0.2, 0) is 17.0 Å². The summed E-state index contributed by atoms with van der Waals surface area (Å²) in [5.41, 5.74) is 0.839. The summed E-state index contributed by atoms with van der Waals surface area (Å²) in [6.45, 7) is 5.52. The Labute approximate surface area is 127 Å². The van der Waals surface area contributed by atoms with Crippen LogP contribution in [-0.4, -0.2) is 11.7 Å². The van der Waals surface area contributed by atoms with Gasteiger partial charge in [-0.1, -0.05) is 28.9 Å². The minimum absolute atomic E-state index is 0.237. The molecule has 1 aliphatic rings. The molecule has 0 saturated heterocycles. The number of benzene rings is 1. The predicted octanol–water partition coefficient (Wildman–Crippen LogP) is 4.43. The standard InChI is InChI=1S/C15H19BrFNO2/c1-4-14(2,3)20-13(19)18-15(17)8-7-10-9-11(16)5-6-12(10)15/h5-6,9H,4,7-8H2,1-3H3,(H,18,19). The molecule has 1 amide bonds. The molecule has 0 saturated carbocycles. The molecule has 110 valence electrons. The predicted molar refractivity (Wildman–Crippen MR) is 79.2 cm³/mol. The molecule has 2 rings (SSSR count). The molecule has 0 fully saturated rings. The first-order valence-electron chi connectivity index (χ1n) is 6.75. The minimum atomic E-state index is -1.84. The van der Waals surface area contributed by atoms with Gasteiger partial charge in [0.05, 0.1) is 0 Å². The molecule has 1 N–H and O–H groups in total. The Balaban J connectivity index is 2.13. The van der Waals surface area contributed by atoms with Crippen molar-refractivity contribution in [2.75, 3.05) is 0 Å². The Morgan fingerprint density at radius 1 is 1.55 bits per heavy atom. The molecule has 1 unspecified atom stereocenters. The summed E-state index contributed by atoms with van der Waals surface area (Å²) >= 11 is 3.37. The number of nitrogens with one attached hydrogen (secondary N) is 1. The van der Waals surface area contributed by atoms with Crippen molar-refractivity contribution in [3.05, 3.63) is 33.8 Å². The van der Waals surface area contributed by atoms with E-state index in [1.54, 1.807) is 26.0 Å². The van der Waals surface area contributed by atoms with Crippen LogP contribution < -0.4 is 5.32 Å². The van der Waals surface area contributed by atoms with Gasteiger partial charge in [0.2, 0.25) is 5.79 Å². The number of alkyl carbamates (subject to hydrolysis) is 1. The molecule has 3 nitrogen and oxygen atoms in total. The third-order valence-corrected chi connectivity index (χ3v) is 4.25. The van der Waals surface area contributed by atoms with Crippen molar-refractivity contribution in [1.82, 2.24) is 5.32 Å². The van der Waals surface area contributed by atoms with Gasteiger partial charge in [-0.05, 0) is 44.4 Å². The minimum Gasteiger partial charge on any atom is -0.443 e. The van der Waals surface area contributed by atoms with Crippen molar-refractivity contribution in [3.8, 4) is 0 Å². The third-order valence-electron chi connectivity index (χ3n) is 3.75. The van der Waals surface area contributed by atoms with E-state index in [4.69, 9.17) is 4.74 Å². The lowest BCUT2D eigenvalue weighted by Crippen LogP contribution is -2.44. The molecule has 0 radical (unpaired) electrons. The largest absolute Gasteiger partial charge is 0.443 e. The lowest BCUT2D eigenvalue weighted by atomic mass is 10.1. The topological polar surface area (TPSA) is 38.3 Å². The number of halogens is 2. The highest BCUT2D eigenvalue weighted by molar-refractivity contribution is 9.10. The van der Waals surface area contributed by atoms with Gasteiger partial charge in [-0.3, -0.25) is 5.32 Å². The van der Waals surface area contributed by atoms with Crippen molar-refractivity contribution < 1.29 is 13.9 Å². The summed E-state index contributed by atoms with van der Waals surface area (Å²) in [7, 11) is 0. The van der Waals surface area contributed by atoms with Crippen LogP contribution in [0, 0.1) is 0 Å². The average Bonchev–Trinajstić information content (AvgIpc) is 2.65. The van der Waals surface area contributed by atoms with Gasteiger partial charge in [-0.2, -0.15) is 0 Å². The first-order valence-corrected chi connectivity index (χ1v) is 7.54. The zero-order chi connectivity index (χ0) is 15.0. The van der Waals surface area contributed by atoms with E-state index in [1.807, 2.05) is 13.0 Å². The van der Waals surface area contributed by atoms with Gasteiger partial charge in [-0.25, -0.2) is 9.18 Å². The fourth-order valence-corrected chi connectivity index (χ4v) is 2.65. The van der Waals surface area contributed by atoms with Crippen LogP contribution in [0.25, 0.3) is 0 Å². The maximum absolute atomic E-state index is 14.9. The number of aryl methyl sites for hydroxylation is 1. The first kappa shape index (κ1) is 15.3. The first-order chi connectivity index (χ1) is 9.26. The van der Waals surface area contributed by atoms with E-state index in [0.29, 0.717) is 18.4 Å². The molecule has 5 heteroatoms. The molecule has 1 atom stereocenters. The molecule has 1 aromatic carbocycles. The van der Waals surface area contributed by atoms with E-state index < -0.39 is 17.5 Å². The van der Waals surface area contributed by atoms with Crippen LogP contribution in [0.2, 0.25) is 0 Å². The maximum Gasteiger partial charge on any atom is 0.410 e. The van der Waals surface area contributed by atoms with E-state index >= 15 is 0 Å². The molecule has 20 heavy (non-hydrogen) atoms. The highest BCUT2D eigenvalue weighted by Crippen LogP contribution is 2.39. The molecule has 0 heterocycles. The van der Waals surface area contributed by atoms with Crippen LogP contribution in [0.15, 0.2) is 22.7 Å². The fourth-order valence-electron chi connectivity index (χ4n) is 2.24. The van der Waals surface area contributed by atoms with Crippen LogP contribution in [0.5, 0.6) is 0 Å². The number of fused-ring (bicyclic) bond motifs is 1. The Hall–Kier alpha value is -1.10. The van der Waals surface area contributed by atoms with Crippen LogP contribution >= 0.6 is 15.9 Å².